The van der Waals surface area contributed by atoms with E-state index in [1.165, 1.54) is 12.1 Å². The smallest absolute Gasteiger partial charge is 0.326 e. The maximum absolute atomic E-state index is 11.8. The number of phenols is 1. The van der Waals surface area contributed by atoms with Crippen molar-refractivity contribution in [1.82, 2.24) is 5.32 Å². The summed E-state index contributed by atoms with van der Waals surface area (Å²) in [4.78, 5) is 22.9. The average molecular weight is 317 g/mol. The second-order valence-corrected chi connectivity index (χ2v) is 4.67. The zero-order chi connectivity index (χ0) is 15.1. The predicted molar refractivity (Wildman–Crippen MR) is 81.5 cm³/mol. The molecule has 0 unspecified atom stereocenters. The van der Waals surface area contributed by atoms with E-state index < -0.39 is 24.0 Å². The van der Waals surface area contributed by atoms with E-state index in [-0.39, 0.29) is 24.6 Å². The monoisotopic (exact) mass is 316 g/mol. The quantitative estimate of drug-likeness (QED) is 0.600. The first-order chi connectivity index (χ1) is 9.43. The highest BCUT2D eigenvalue weighted by Gasteiger charge is 2.23. The predicted octanol–water partition coefficient (Wildman–Crippen LogP) is 1.05. The molecular formula is C14H21ClN2O4. The maximum Gasteiger partial charge on any atom is 0.326 e. The number of carboxylic acid groups (broad SMARTS) is 1. The number of halogens is 1. The van der Waals surface area contributed by atoms with Gasteiger partial charge in [-0.15, -0.1) is 12.4 Å². The third-order valence-electron chi connectivity index (χ3n) is 2.93. The summed E-state index contributed by atoms with van der Waals surface area (Å²) < 4.78 is 0. The Morgan fingerprint density at radius 2 is 1.86 bits per heavy atom. The summed E-state index contributed by atoms with van der Waals surface area (Å²) in [6.07, 6.45) is 1.40. The molecule has 0 heterocycles. The minimum Gasteiger partial charge on any atom is -0.508 e. The molecule has 118 valence electrons. The van der Waals surface area contributed by atoms with E-state index in [9.17, 15) is 14.7 Å². The van der Waals surface area contributed by atoms with Crippen LogP contribution in [0, 0.1) is 0 Å². The van der Waals surface area contributed by atoms with Crippen molar-refractivity contribution < 1.29 is 19.8 Å². The van der Waals surface area contributed by atoms with Gasteiger partial charge in [-0.2, -0.15) is 0 Å². The van der Waals surface area contributed by atoms with Crippen molar-refractivity contribution in [3.8, 4) is 5.75 Å². The molecule has 21 heavy (non-hydrogen) atoms. The second-order valence-electron chi connectivity index (χ2n) is 4.67. The molecule has 0 spiro atoms. The SMILES string of the molecule is CCC[C@@H](N)C(=O)N[C@@H](Cc1ccc(O)cc1)C(=O)O.Cl. The van der Waals surface area contributed by atoms with Crippen molar-refractivity contribution in [3.05, 3.63) is 29.8 Å². The lowest BCUT2D eigenvalue weighted by molar-refractivity contribution is -0.142. The number of nitrogens with one attached hydrogen (secondary N) is 1. The van der Waals surface area contributed by atoms with Crippen LogP contribution in [0.3, 0.4) is 0 Å². The van der Waals surface area contributed by atoms with Gasteiger partial charge in [0.25, 0.3) is 0 Å². The number of rotatable bonds is 7. The summed E-state index contributed by atoms with van der Waals surface area (Å²) >= 11 is 0. The molecule has 0 aliphatic heterocycles. The van der Waals surface area contributed by atoms with Gasteiger partial charge in [0.15, 0.2) is 0 Å². The average Bonchev–Trinajstić information content (AvgIpc) is 2.40. The Morgan fingerprint density at radius 3 is 2.33 bits per heavy atom. The first-order valence-electron chi connectivity index (χ1n) is 6.50. The first-order valence-corrected chi connectivity index (χ1v) is 6.50. The molecule has 0 saturated heterocycles. The van der Waals surface area contributed by atoms with Gasteiger partial charge in [-0.05, 0) is 24.1 Å². The molecular weight excluding hydrogens is 296 g/mol. The van der Waals surface area contributed by atoms with Crippen LogP contribution in [0.5, 0.6) is 5.75 Å². The van der Waals surface area contributed by atoms with E-state index in [4.69, 9.17) is 10.8 Å². The highest BCUT2D eigenvalue weighted by atomic mass is 35.5. The second kappa shape index (κ2) is 9.20. The van der Waals surface area contributed by atoms with Crippen LogP contribution < -0.4 is 11.1 Å². The topological polar surface area (TPSA) is 113 Å². The minimum atomic E-state index is -1.12. The van der Waals surface area contributed by atoms with Crippen LogP contribution >= 0.6 is 12.4 Å². The van der Waals surface area contributed by atoms with Crippen LogP contribution in [-0.2, 0) is 16.0 Å². The number of nitrogens with two attached hydrogens (primary N) is 1. The highest BCUT2D eigenvalue weighted by Crippen LogP contribution is 2.11. The van der Waals surface area contributed by atoms with Gasteiger partial charge >= 0.3 is 5.97 Å². The van der Waals surface area contributed by atoms with Crippen LogP contribution in [0.4, 0.5) is 0 Å². The van der Waals surface area contributed by atoms with Crippen LogP contribution in [0.1, 0.15) is 25.3 Å². The summed E-state index contributed by atoms with van der Waals surface area (Å²) in [7, 11) is 0. The largest absolute Gasteiger partial charge is 0.508 e. The molecule has 6 nitrogen and oxygen atoms in total. The third kappa shape index (κ3) is 6.46. The van der Waals surface area contributed by atoms with Crippen molar-refractivity contribution in [2.45, 2.75) is 38.3 Å². The van der Waals surface area contributed by atoms with Crippen molar-refractivity contribution >= 4 is 24.3 Å². The number of benzene rings is 1. The van der Waals surface area contributed by atoms with E-state index in [1.54, 1.807) is 12.1 Å². The van der Waals surface area contributed by atoms with Gasteiger partial charge in [0.1, 0.15) is 11.8 Å². The number of hydrogen-bond acceptors (Lipinski definition) is 4. The molecule has 1 aromatic rings. The third-order valence-corrected chi connectivity index (χ3v) is 2.93. The molecule has 7 heteroatoms. The molecule has 0 aromatic heterocycles. The van der Waals surface area contributed by atoms with Gasteiger partial charge in [-0.25, -0.2) is 4.79 Å². The van der Waals surface area contributed by atoms with Gasteiger partial charge < -0.3 is 21.3 Å². The lowest BCUT2D eigenvalue weighted by Crippen LogP contribution is -2.49. The fourth-order valence-corrected chi connectivity index (χ4v) is 1.79. The molecule has 2 atom stereocenters. The molecule has 0 aliphatic carbocycles. The van der Waals surface area contributed by atoms with Gasteiger partial charge in [0.2, 0.25) is 5.91 Å². The number of phenolic OH excluding ortho intramolecular Hbond substituents is 1. The van der Waals surface area contributed by atoms with Crippen LogP contribution in [0.25, 0.3) is 0 Å². The number of hydrogen-bond donors (Lipinski definition) is 4. The van der Waals surface area contributed by atoms with Gasteiger partial charge in [-0.3, -0.25) is 4.79 Å². The molecule has 0 radical (unpaired) electrons. The Labute approximate surface area is 129 Å². The van der Waals surface area contributed by atoms with E-state index in [2.05, 4.69) is 5.32 Å². The molecule has 0 bridgehead atoms. The number of aliphatic carboxylic acids is 1. The van der Waals surface area contributed by atoms with Crippen molar-refractivity contribution in [1.29, 1.82) is 0 Å². The Balaban J connectivity index is 0.00000400. The Bertz CT molecular complexity index is 465. The van der Waals surface area contributed by atoms with Gasteiger partial charge in [0, 0.05) is 6.42 Å². The zero-order valence-electron chi connectivity index (χ0n) is 11.8. The van der Waals surface area contributed by atoms with E-state index >= 15 is 0 Å². The summed E-state index contributed by atoms with van der Waals surface area (Å²) in [5.74, 6) is -1.47. The Kier molecular flexibility index (Phi) is 8.42. The fraction of sp³-hybridized carbons (Fsp3) is 0.429. The van der Waals surface area contributed by atoms with E-state index in [0.29, 0.717) is 12.0 Å². The molecule has 1 amide bonds. The number of amides is 1. The maximum atomic E-state index is 11.8. The van der Waals surface area contributed by atoms with E-state index in [1.807, 2.05) is 6.92 Å². The lowest BCUT2D eigenvalue weighted by atomic mass is 10.0. The number of carbonyl (C=O) groups is 2. The zero-order valence-corrected chi connectivity index (χ0v) is 12.6. The normalized spacial score (nSPS) is 12.9. The summed E-state index contributed by atoms with van der Waals surface area (Å²) in [5, 5.41) is 20.8. The standard InChI is InChI=1S/C14H20N2O4.ClH/c1-2-3-11(15)13(18)16-12(14(19)20)8-9-4-6-10(17)7-5-9;/h4-7,11-12,17H,2-3,8,15H2,1H3,(H,16,18)(H,19,20);1H/t11-,12+;/m1./s1. The summed E-state index contributed by atoms with van der Waals surface area (Å²) in [5.41, 5.74) is 6.36. The fourth-order valence-electron chi connectivity index (χ4n) is 1.79. The lowest BCUT2D eigenvalue weighted by Gasteiger charge is -2.17. The number of carboxylic acids is 1. The molecule has 1 rings (SSSR count). The van der Waals surface area contributed by atoms with E-state index in [0.717, 1.165) is 6.42 Å². The summed E-state index contributed by atoms with van der Waals surface area (Å²) in [6.45, 7) is 1.90. The van der Waals surface area contributed by atoms with Crippen LogP contribution in [0.15, 0.2) is 24.3 Å². The van der Waals surface area contributed by atoms with Crippen LogP contribution in [0.2, 0.25) is 0 Å². The molecule has 1 aromatic carbocycles. The Morgan fingerprint density at radius 1 is 1.29 bits per heavy atom. The van der Waals surface area contributed by atoms with Gasteiger partial charge in [-0.1, -0.05) is 25.5 Å². The van der Waals surface area contributed by atoms with Crippen molar-refractivity contribution in [3.63, 3.8) is 0 Å². The molecule has 0 aliphatic rings. The molecule has 0 fully saturated rings. The first kappa shape index (κ1) is 19.2. The number of aromatic hydroxyl groups is 1. The van der Waals surface area contributed by atoms with Crippen molar-refractivity contribution in [2.75, 3.05) is 0 Å². The van der Waals surface area contributed by atoms with Crippen LogP contribution in [-0.4, -0.2) is 34.2 Å². The van der Waals surface area contributed by atoms with Gasteiger partial charge in [0.05, 0.1) is 6.04 Å². The molecule has 5 N–H and O–H groups in total. The minimum absolute atomic E-state index is 0. The summed E-state index contributed by atoms with van der Waals surface area (Å²) in [6, 6.07) is 4.45. The number of carbonyl (C=O) groups excluding carboxylic acids is 1. The molecule has 0 saturated carbocycles. The van der Waals surface area contributed by atoms with Crippen molar-refractivity contribution in [2.24, 2.45) is 5.73 Å². The Hall–Kier alpha value is -1.79. The highest BCUT2D eigenvalue weighted by molar-refractivity contribution is 5.86.